The summed E-state index contributed by atoms with van der Waals surface area (Å²) in [5.41, 5.74) is 0.403. The number of hydrogen-bond donors (Lipinski definition) is 2. The molecule has 2 atom stereocenters. The average molecular weight is 243 g/mol. The summed E-state index contributed by atoms with van der Waals surface area (Å²) in [5.74, 6) is -2.47. The van der Waals surface area contributed by atoms with Gasteiger partial charge in [0, 0.05) is 12.5 Å². The van der Waals surface area contributed by atoms with E-state index in [0.717, 1.165) is 17.0 Å². The lowest BCUT2D eigenvalue weighted by Gasteiger charge is -2.20. The summed E-state index contributed by atoms with van der Waals surface area (Å²) >= 11 is 0. The molecule has 17 heavy (non-hydrogen) atoms. The normalized spacial score (nSPS) is 24.1. The number of likely N-dealkylation sites (tertiary alicyclic amines) is 1. The summed E-state index contributed by atoms with van der Waals surface area (Å²) in [6.07, 6.45) is -2.04. The maximum atomic E-state index is 13.0. The fourth-order valence-electron chi connectivity index (χ4n) is 2.07. The molecule has 1 fully saturated rings. The summed E-state index contributed by atoms with van der Waals surface area (Å²) in [7, 11) is 0. The van der Waals surface area contributed by atoms with Gasteiger partial charge in [-0.05, 0) is 24.1 Å². The Morgan fingerprint density at radius 1 is 1.35 bits per heavy atom. The molecule has 1 aromatic carbocycles. The summed E-state index contributed by atoms with van der Waals surface area (Å²) in [6.45, 7) is 0.181. The number of aliphatic hydroxyl groups excluding tert-OH is 1. The van der Waals surface area contributed by atoms with Gasteiger partial charge in [0.15, 0.2) is 11.6 Å². The molecule has 1 heterocycles. The molecule has 1 amide bonds. The predicted molar refractivity (Wildman–Crippen MR) is 54.5 cm³/mol. The Balaban J connectivity index is 2.24. The molecule has 1 saturated heterocycles. The van der Waals surface area contributed by atoms with Crippen LogP contribution in [0.4, 0.5) is 13.6 Å². The van der Waals surface area contributed by atoms with Gasteiger partial charge in [-0.3, -0.25) is 4.90 Å². The number of halogens is 2. The third kappa shape index (κ3) is 2.08. The predicted octanol–water partition coefficient (Wildman–Crippen LogP) is 1.75. The second-order valence-electron chi connectivity index (χ2n) is 3.96. The molecule has 2 rings (SSSR count). The summed E-state index contributed by atoms with van der Waals surface area (Å²) < 4.78 is 25.8. The van der Waals surface area contributed by atoms with E-state index in [4.69, 9.17) is 5.11 Å². The Hall–Kier alpha value is -1.69. The monoisotopic (exact) mass is 243 g/mol. The van der Waals surface area contributed by atoms with E-state index in [-0.39, 0.29) is 6.54 Å². The number of nitrogens with zero attached hydrogens (tertiary/aromatic N) is 1. The summed E-state index contributed by atoms with van der Waals surface area (Å²) in [6, 6.07) is 3.33. The summed E-state index contributed by atoms with van der Waals surface area (Å²) in [5, 5.41) is 18.5. The maximum absolute atomic E-state index is 13.0. The van der Waals surface area contributed by atoms with Crippen LogP contribution in [0, 0.1) is 11.6 Å². The van der Waals surface area contributed by atoms with Crippen molar-refractivity contribution in [1.82, 2.24) is 4.90 Å². The van der Waals surface area contributed by atoms with E-state index in [0.29, 0.717) is 12.0 Å². The first-order chi connectivity index (χ1) is 8.00. The Morgan fingerprint density at radius 3 is 2.59 bits per heavy atom. The van der Waals surface area contributed by atoms with Crippen molar-refractivity contribution in [2.24, 2.45) is 0 Å². The van der Waals surface area contributed by atoms with Crippen molar-refractivity contribution in [1.29, 1.82) is 0 Å². The smallest absolute Gasteiger partial charge is 0.409 e. The lowest BCUT2D eigenvalue weighted by Crippen LogP contribution is -2.36. The van der Waals surface area contributed by atoms with E-state index in [1.54, 1.807) is 0 Å². The maximum Gasteiger partial charge on any atom is 0.409 e. The first-order valence-corrected chi connectivity index (χ1v) is 5.13. The zero-order valence-corrected chi connectivity index (χ0v) is 8.81. The van der Waals surface area contributed by atoms with Crippen LogP contribution >= 0.6 is 0 Å². The molecule has 4 nitrogen and oxygen atoms in total. The van der Waals surface area contributed by atoms with Crippen LogP contribution < -0.4 is 0 Å². The SMILES string of the molecule is O=C(O)N1CCC(c2ccc(F)c(F)c2)[C@@H]1O. The van der Waals surface area contributed by atoms with Crippen molar-refractivity contribution in [3.05, 3.63) is 35.4 Å². The van der Waals surface area contributed by atoms with Crippen molar-refractivity contribution >= 4 is 6.09 Å². The molecule has 6 heteroatoms. The molecule has 1 aliphatic rings. The van der Waals surface area contributed by atoms with E-state index < -0.39 is 29.9 Å². The molecule has 92 valence electrons. The van der Waals surface area contributed by atoms with Gasteiger partial charge < -0.3 is 10.2 Å². The minimum atomic E-state index is -1.22. The van der Waals surface area contributed by atoms with E-state index in [2.05, 4.69) is 0 Å². The molecular formula is C11H11F2NO3. The highest BCUT2D eigenvalue weighted by atomic mass is 19.2. The van der Waals surface area contributed by atoms with Gasteiger partial charge in [-0.1, -0.05) is 6.07 Å². The van der Waals surface area contributed by atoms with Crippen LogP contribution in [-0.4, -0.2) is 34.0 Å². The van der Waals surface area contributed by atoms with Crippen LogP contribution in [0.25, 0.3) is 0 Å². The first-order valence-electron chi connectivity index (χ1n) is 5.13. The van der Waals surface area contributed by atoms with E-state index in [1.165, 1.54) is 6.07 Å². The number of rotatable bonds is 1. The van der Waals surface area contributed by atoms with Gasteiger partial charge in [0.05, 0.1) is 0 Å². The Bertz CT molecular complexity index is 452. The average Bonchev–Trinajstić information content (AvgIpc) is 2.64. The zero-order valence-electron chi connectivity index (χ0n) is 8.81. The molecular weight excluding hydrogens is 232 g/mol. The minimum absolute atomic E-state index is 0.181. The number of hydrogen-bond acceptors (Lipinski definition) is 2. The van der Waals surface area contributed by atoms with E-state index in [1.807, 2.05) is 0 Å². The zero-order chi connectivity index (χ0) is 12.6. The van der Waals surface area contributed by atoms with Gasteiger partial charge in [-0.25, -0.2) is 13.6 Å². The molecule has 2 N–H and O–H groups in total. The number of carbonyl (C=O) groups is 1. The van der Waals surface area contributed by atoms with Crippen LogP contribution in [0.15, 0.2) is 18.2 Å². The van der Waals surface area contributed by atoms with Crippen LogP contribution in [0.3, 0.4) is 0 Å². The molecule has 0 spiro atoms. The number of benzene rings is 1. The molecule has 0 aromatic heterocycles. The molecule has 0 bridgehead atoms. The highest BCUT2D eigenvalue weighted by Gasteiger charge is 2.36. The van der Waals surface area contributed by atoms with Crippen LogP contribution in [-0.2, 0) is 0 Å². The van der Waals surface area contributed by atoms with Crippen molar-refractivity contribution in [2.45, 2.75) is 18.6 Å². The molecule has 0 saturated carbocycles. The lowest BCUT2D eigenvalue weighted by molar-refractivity contribution is 0.0311. The highest BCUT2D eigenvalue weighted by Crippen LogP contribution is 2.32. The van der Waals surface area contributed by atoms with E-state index in [9.17, 15) is 18.7 Å². The Morgan fingerprint density at radius 2 is 2.06 bits per heavy atom. The van der Waals surface area contributed by atoms with E-state index >= 15 is 0 Å². The molecule has 0 radical (unpaired) electrons. The molecule has 1 aromatic rings. The largest absolute Gasteiger partial charge is 0.465 e. The minimum Gasteiger partial charge on any atom is -0.465 e. The second kappa shape index (κ2) is 4.29. The van der Waals surface area contributed by atoms with Crippen molar-refractivity contribution in [2.75, 3.05) is 6.54 Å². The summed E-state index contributed by atoms with van der Waals surface area (Å²) in [4.78, 5) is 11.6. The third-order valence-corrected chi connectivity index (χ3v) is 2.98. The van der Waals surface area contributed by atoms with Gasteiger partial charge in [0.25, 0.3) is 0 Å². The van der Waals surface area contributed by atoms with Gasteiger partial charge in [0.2, 0.25) is 0 Å². The van der Waals surface area contributed by atoms with Gasteiger partial charge in [-0.15, -0.1) is 0 Å². The molecule has 1 unspecified atom stereocenters. The third-order valence-electron chi connectivity index (χ3n) is 2.98. The van der Waals surface area contributed by atoms with Crippen LogP contribution in [0.1, 0.15) is 17.9 Å². The second-order valence-corrected chi connectivity index (χ2v) is 3.96. The number of carboxylic acid groups (broad SMARTS) is 1. The fourth-order valence-corrected chi connectivity index (χ4v) is 2.07. The van der Waals surface area contributed by atoms with Crippen LogP contribution in [0.5, 0.6) is 0 Å². The Labute approximate surface area is 96.1 Å². The molecule has 1 aliphatic heterocycles. The lowest BCUT2D eigenvalue weighted by atomic mass is 9.97. The van der Waals surface area contributed by atoms with Gasteiger partial charge in [0.1, 0.15) is 6.23 Å². The Kier molecular flexibility index (Phi) is 2.97. The van der Waals surface area contributed by atoms with Crippen molar-refractivity contribution < 1.29 is 23.8 Å². The fraction of sp³-hybridized carbons (Fsp3) is 0.364. The van der Waals surface area contributed by atoms with Gasteiger partial charge >= 0.3 is 6.09 Å². The molecule has 0 aliphatic carbocycles. The topological polar surface area (TPSA) is 60.8 Å². The standard InChI is InChI=1S/C11H11F2NO3/c12-8-2-1-6(5-9(8)13)7-3-4-14(10(7)15)11(16)17/h1-2,5,7,10,15H,3-4H2,(H,16,17)/t7?,10-/m0/s1. The highest BCUT2D eigenvalue weighted by molar-refractivity contribution is 5.65. The van der Waals surface area contributed by atoms with Crippen molar-refractivity contribution in [3.8, 4) is 0 Å². The number of aliphatic hydroxyl groups is 1. The number of amides is 1. The first kappa shape index (κ1) is 11.8. The quantitative estimate of drug-likeness (QED) is 0.790. The van der Waals surface area contributed by atoms with Crippen LogP contribution in [0.2, 0.25) is 0 Å². The van der Waals surface area contributed by atoms with Gasteiger partial charge in [-0.2, -0.15) is 0 Å². The van der Waals surface area contributed by atoms with Crippen molar-refractivity contribution in [3.63, 3.8) is 0 Å².